The highest BCUT2D eigenvalue weighted by atomic mass is 35.5. The first-order valence-corrected chi connectivity index (χ1v) is 12.5. The number of alkyl halides is 1. The minimum absolute atomic E-state index is 0.257. The second-order valence-corrected chi connectivity index (χ2v) is 9.52. The molecule has 1 amide bonds. The first kappa shape index (κ1) is 25.5. The van der Waals surface area contributed by atoms with E-state index < -0.39 is 12.8 Å². The number of carbonyl (C=O) groups is 1. The smallest absolute Gasteiger partial charge is 0.272 e. The van der Waals surface area contributed by atoms with Crippen molar-refractivity contribution < 1.29 is 19.0 Å². The molecule has 1 aliphatic rings. The van der Waals surface area contributed by atoms with Gasteiger partial charge in [0.15, 0.2) is 5.69 Å². The van der Waals surface area contributed by atoms with Crippen LogP contribution in [-0.4, -0.2) is 46.2 Å². The van der Waals surface area contributed by atoms with Gasteiger partial charge in [0.2, 0.25) is 0 Å². The van der Waals surface area contributed by atoms with Gasteiger partial charge in [-0.3, -0.25) is 9.18 Å². The van der Waals surface area contributed by atoms with E-state index in [0.29, 0.717) is 52.2 Å². The van der Waals surface area contributed by atoms with Crippen molar-refractivity contribution in [3.63, 3.8) is 0 Å². The number of ether oxygens (including phenoxy) is 1. The van der Waals surface area contributed by atoms with Gasteiger partial charge in [-0.05, 0) is 62.2 Å². The van der Waals surface area contributed by atoms with Gasteiger partial charge in [-0.25, -0.2) is 4.68 Å². The van der Waals surface area contributed by atoms with Gasteiger partial charge in [0.25, 0.3) is 5.91 Å². The predicted octanol–water partition coefficient (Wildman–Crippen LogP) is 5.93. The number of amides is 1. The number of halogens is 3. The summed E-state index contributed by atoms with van der Waals surface area (Å²) in [4.78, 5) is 13.2. The Labute approximate surface area is 214 Å². The standard InChI is InChI=1S/C26H28Cl2FN3O3/c1-16-24(26(34)30-21-5-2-3-6-23(21)33)31-32(22-12-9-18(27)15-20(22)28)25(16)17-7-10-19(11-8-17)35-14-4-13-29/h7-12,15,21,23,33H,2-6,13-14H2,1H3,(H,30,34)/t21-,23+/m0/s1. The molecule has 2 atom stereocenters. The van der Waals surface area contributed by atoms with Crippen LogP contribution < -0.4 is 10.1 Å². The number of benzene rings is 2. The second kappa shape index (κ2) is 11.4. The van der Waals surface area contributed by atoms with Crippen molar-refractivity contribution in [1.82, 2.24) is 15.1 Å². The molecule has 2 N–H and O–H groups in total. The highest BCUT2D eigenvalue weighted by Crippen LogP contribution is 2.33. The third kappa shape index (κ3) is 5.80. The minimum Gasteiger partial charge on any atom is -0.493 e. The Hall–Kier alpha value is -2.61. The Balaban J connectivity index is 1.72. The Morgan fingerprint density at radius 3 is 2.63 bits per heavy atom. The number of nitrogens with one attached hydrogen (secondary N) is 1. The van der Waals surface area contributed by atoms with Crippen molar-refractivity contribution >= 4 is 29.1 Å². The highest BCUT2D eigenvalue weighted by Gasteiger charge is 2.28. The summed E-state index contributed by atoms with van der Waals surface area (Å²) in [6.07, 6.45) is 3.08. The van der Waals surface area contributed by atoms with E-state index >= 15 is 0 Å². The number of nitrogens with zero attached hydrogens (tertiary/aromatic N) is 2. The average molecular weight is 520 g/mol. The molecule has 9 heteroatoms. The third-order valence-corrected chi connectivity index (χ3v) is 6.73. The van der Waals surface area contributed by atoms with E-state index in [1.807, 2.05) is 19.1 Å². The van der Waals surface area contributed by atoms with Crippen LogP contribution in [0.2, 0.25) is 10.0 Å². The molecule has 1 heterocycles. The molecule has 0 unspecified atom stereocenters. The van der Waals surface area contributed by atoms with Crippen molar-refractivity contribution in [2.75, 3.05) is 13.3 Å². The molecule has 0 saturated heterocycles. The highest BCUT2D eigenvalue weighted by molar-refractivity contribution is 6.35. The molecule has 35 heavy (non-hydrogen) atoms. The fourth-order valence-electron chi connectivity index (χ4n) is 4.35. The fraction of sp³-hybridized carbons (Fsp3) is 0.385. The summed E-state index contributed by atoms with van der Waals surface area (Å²) in [6.45, 7) is 1.70. The van der Waals surface area contributed by atoms with E-state index in [4.69, 9.17) is 27.9 Å². The van der Waals surface area contributed by atoms with E-state index in [-0.39, 0.29) is 17.6 Å². The van der Waals surface area contributed by atoms with E-state index in [2.05, 4.69) is 10.4 Å². The zero-order valence-corrected chi connectivity index (χ0v) is 20.9. The maximum absolute atomic E-state index is 13.2. The molecular weight excluding hydrogens is 492 g/mol. The number of hydrogen-bond acceptors (Lipinski definition) is 4. The zero-order valence-electron chi connectivity index (χ0n) is 19.4. The fourth-order valence-corrected chi connectivity index (χ4v) is 4.84. The predicted molar refractivity (Wildman–Crippen MR) is 136 cm³/mol. The number of carbonyl (C=O) groups excluding carboxylic acids is 1. The van der Waals surface area contributed by atoms with E-state index in [1.54, 1.807) is 35.0 Å². The lowest BCUT2D eigenvalue weighted by molar-refractivity contribution is 0.0713. The SMILES string of the molecule is Cc1c(C(=O)N[C@H]2CCCC[C@H]2O)nn(-c2ccc(Cl)cc2Cl)c1-c1ccc(OCCCF)cc1. The number of rotatable bonds is 8. The quantitative estimate of drug-likeness (QED) is 0.361. The van der Waals surface area contributed by atoms with E-state index in [9.17, 15) is 14.3 Å². The molecule has 1 fully saturated rings. The molecule has 2 aromatic carbocycles. The van der Waals surface area contributed by atoms with Gasteiger partial charge in [0, 0.05) is 22.6 Å². The van der Waals surface area contributed by atoms with Gasteiger partial charge >= 0.3 is 0 Å². The van der Waals surface area contributed by atoms with Gasteiger partial charge in [0.1, 0.15) is 5.75 Å². The van der Waals surface area contributed by atoms with E-state index in [1.165, 1.54) is 0 Å². The molecule has 186 valence electrons. The van der Waals surface area contributed by atoms with Crippen molar-refractivity contribution in [3.8, 4) is 22.7 Å². The molecule has 1 aliphatic carbocycles. The summed E-state index contributed by atoms with van der Waals surface area (Å²) in [5.41, 5.74) is 3.00. The van der Waals surface area contributed by atoms with Crippen LogP contribution in [0.15, 0.2) is 42.5 Å². The molecule has 0 aliphatic heterocycles. The Morgan fingerprint density at radius 2 is 1.94 bits per heavy atom. The number of aliphatic hydroxyl groups is 1. The van der Waals surface area contributed by atoms with Crippen LogP contribution >= 0.6 is 23.2 Å². The summed E-state index contributed by atoms with van der Waals surface area (Å²) >= 11 is 12.6. The van der Waals surface area contributed by atoms with Crippen molar-refractivity contribution in [2.45, 2.75) is 51.2 Å². The molecule has 0 spiro atoms. The van der Waals surface area contributed by atoms with Crippen molar-refractivity contribution in [1.29, 1.82) is 0 Å². The van der Waals surface area contributed by atoms with Crippen LogP contribution in [0, 0.1) is 6.92 Å². The lowest BCUT2D eigenvalue weighted by atomic mass is 9.92. The zero-order chi connectivity index (χ0) is 24.9. The summed E-state index contributed by atoms with van der Waals surface area (Å²) in [6, 6.07) is 12.1. The molecule has 1 saturated carbocycles. The monoisotopic (exact) mass is 519 g/mol. The van der Waals surface area contributed by atoms with Crippen LogP contribution in [0.5, 0.6) is 5.75 Å². The molecule has 3 aromatic rings. The summed E-state index contributed by atoms with van der Waals surface area (Å²) in [5, 5.41) is 18.8. The molecule has 6 nitrogen and oxygen atoms in total. The maximum Gasteiger partial charge on any atom is 0.272 e. The first-order chi connectivity index (χ1) is 16.9. The average Bonchev–Trinajstić information content (AvgIpc) is 3.18. The van der Waals surface area contributed by atoms with Crippen molar-refractivity contribution in [3.05, 3.63) is 63.8 Å². The molecule has 0 radical (unpaired) electrons. The van der Waals surface area contributed by atoms with Crippen LogP contribution in [0.3, 0.4) is 0 Å². The summed E-state index contributed by atoms with van der Waals surface area (Å²) < 4.78 is 19.6. The third-order valence-electron chi connectivity index (χ3n) is 6.20. The topological polar surface area (TPSA) is 76.4 Å². The number of aromatic nitrogens is 2. The Morgan fingerprint density at radius 1 is 1.20 bits per heavy atom. The van der Waals surface area contributed by atoms with Gasteiger partial charge in [-0.15, -0.1) is 0 Å². The molecular formula is C26H28Cl2FN3O3. The molecule has 1 aromatic heterocycles. The maximum atomic E-state index is 13.2. The van der Waals surface area contributed by atoms with Crippen LogP contribution in [0.4, 0.5) is 4.39 Å². The lowest BCUT2D eigenvalue weighted by Gasteiger charge is -2.28. The van der Waals surface area contributed by atoms with Crippen LogP contribution in [-0.2, 0) is 0 Å². The Kier molecular flexibility index (Phi) is 8.31. The lowest BCUT2D eigenvalue weighted by Crippen LogP contribution is -2.45. The number of hydrogen-bond donors (Lipinski definition) is 2. The first-order valence-electron chi connectivity index (χ1n) is 11.7. The van der Waals surface area contributed by atoms with Crippen molar-refractivity contribution in [2.24, 2.45) is 0 Å². The molecule has 0 bridgehead atoms. The van der Waals surface area contributed by atoms with Gasteiger partial charge in [-0.2, -0.15) is 5.10 Å². The van der Waals surface area contributed by atoms with Crippen LogP contribution in [0.25, 0.3) is 16.9 Å². The molecule has 4 rings (SSSR count). The second-order valence-electron chi connectivity index (χ2n) is 8.68. The minimum atomic E-state index is -0.565. The Bertz CT molecular complexity index is 1180. The summed E-state index contributed by atoms with van der Waals surface area (Å²) in [7, 11) is 0. The summed E-state index contributed by atoms with van der Waals surface area (Å²) in [5.74, 6) is 0.282. The number of aliphatic hydroxyl groups excluding tert-OH is 1. The normalized spacial score (nSPS) is 17.9. The van der Waals surface area contributed by atoms with Crippen LogP contribution in [0.1, 0.15) is 48.2 Å². The largest absolute Gasteiger partial charge is 0.493 e. The van der Waals surface area contributed by atoms with Gasteiger partial charge in [-0.1, -0.05) is 36.0 Å². The van der Waals surface area contributed by atoms with E-state index in [0.717, 1.165) is 24.8 Å². The van der Waals surface area contributed by atoms with Gasteiger partial charge in [0.05, 0.1) is 41.8 Å². The van der Waals surface area contributed by atoms with Gasteiger partial charge < -0.3 is 15.2 Å².